The fourth-order valence-corrected chi connectivity index (χ4v) is 5.30. The number of nitrogens with one attached hydrogen (secondary N) is 1. The second kappa shape index (κ2) is 12.4. The molecule has 0 spiro atoms. The van der Waals surface area contributed by atoms with Gasteiger partial charge in [0.05, 0.1) is 36.1 Å². The standard InChI is InChI=1S/C29H31ClF2N6O3/c1-36-9-11-38(12-10-36)26(39)17-37-7-5-19(6-8-37)41-25-13-20-23(14-24(25)40-2)34-16-18(15-33)29(20)35-22-4-3-21(31)27(30)28(22)32/h3-4,13-14,16,19H,5-12,17H2,1-2H3,(H,34,35). The van der Waals surface area contributed by atoms with Gasteiger partial charge in [0.15, 0.2) is 17.3 Å². The van der Waals surface area contributed by atoms with E-state index in [9.17, 15) is 18.8 Å². The highest BCUT2D eigenvalue weighted by atomic mass is 35.5. The number of ether oxygens (including phenoxy) is 2. The lowest BCUT2D eigenvalue weighted by molar-refractivity contribution is -0.134. The summed E-state index contributed by atoms with van der Waals surface area (Å²) >= 11 is 5.77. The summed E-state index contributed by atoms with van der Waals surface area (Å²) in [7, 11) is 3.59. The van der Waals surface area contributed by atoms with Crippen LogP contribution in [-0.2, 0) is 4.79 Å². The number of nitriles is 1. The Bertz CT molecular complexity index is 1480. The molecule has 1 N–H and O–H groups in total. The van der Waals surface area contributed by atoms with Gasteiger partial charge in [-0.1, -0.05) is 11.6 Å². The zero-order valence-electron chi connectivity index (χ0n) is 22.9. The fraction of sp³-hybridized carbons (Fsp3) is 0.414. The van der Waals surface area contributed by atoms with Crippen molar-refractivity contribution in [2.24, 2.45) is 0 Å². The molecule has 2 aliphatic rings. The Morgan fingerprint density at radius 3 is 2.56 bits per heavy atom. The quantitative estimate of drug-likeness (QED) is 0.408. The number of anilines is 2. The third-order valence-electron chi connectivity index (χ3n) is 7.61. The van der Waals surface area contributed by atoms with E-state index in [1.165, 1.54) is 19.4 Å². The lowest BCUT2D eigenvalue weighted by Crippen LogP contribution is -2.51. The lowest BCUT2D eigenvalue weighted by Gasteiger charge is -2.36. The van der Waals surface area contributed by atoms with Crippen molar-refractivity contribution in [2.45, 2.75) is 18.9 Å². The highest BCUT2D eigenvalue weighted by molar-refractivity contribution is 6.31. The maximum atomic E-state index is 14.7. The molecule has 2 aromatic carbocycles. The van der Waals surface area contributed by atoms with Crippen molar-refractivity contribution in [2.75, 3.05) is 65.3 Å². The van der Waals surface area contributed by atoms with E-state index < -0.39 is 16.7 Å². The number of piperazine rings is 1. The van der Waals surface area contributed by atoms with Gasteiger partial charge >= 0.3 is 0 Å². The highest BCUT2D eigenvalue weighted by Gasteiger charge is 2.26. The number of likely N-dealkylation sites (tertiary alicyclic amines) is 1. The number of amides is 1. The molecule has 0 unspecified atom stereocenters. The Balaban J connectivity index is 1.33. The van der Waals surface area contributed by atoms with Crippen molar-refractivity contribution in [3.8, 4) is 17.6 Å². The second-order valence-corrected chi connectivity index (χ2v) is 10.7. The predicted octanol–water partition coefficient (Wildman–Crippen LogP) is 4.41. The van der Waals surface area contributed by atoms with E-state index in [-0.39, 0.29) is 28.9 Å². The monoisotopic (exact) mass is 584 g/mol. The number of carbonyl (C=O) groups is 1. The number of likely N-dealkylation sites (N-methyl/N-ethyl adjacent to an activating group) is 1. The van der Waals surface area contributed by atoms with E-state index in [2.05, 4.69) is 33.2 Å². The van der Waals surface area contributed by atoms with Gasteiger partial charge in [-0.15, -0.1) is 0 Å². The first-order valence-corrected chi connectivity index (χ1v) is 13.8. The minimum atomic E-state index is -0.969. The number of methoxy groups -OCH3 is 1. The van der Waals surface area contributed by atoms with Crippen LogP contribution < -0.4 is 14.8 Å². The van der Waals surface area contributed by atoms with E-state index in [0.29, 0.717) is 28.9 Å². The molecule has 0 radical (unpaired) electrons. The molecule has 2 fully saturated rings. The minimum Gasteiger partial charge on any atom is -0.493 e. The van der Waals surface area contributed by atoms with Crippen LogP contribution in [0.2, 0.25) is 5.02 Å². The first-order valence-electron chi connectivity index (χ1n) is 13.4. The number of aromatic nitrogens is 1. The van der Waals surface area contributed by atoms with Gasteiger partial charge in [-0.25, -0.2) is 8.78 Å². The smallest absolute Gasteiger partial charge is 0.236 e. The Hall–Kier alpha value is -3.72. The Kier molecular flexibility index (Phi) is 8.73. The van der Waals surface area contributed by atoms with Gasteiger partial charge in [0.25, 0.3) is 0 Å². The molecule has 2 aliphatic heterocycles. The van der Waals surface area contributed by atoms with Crippen molar-refractivity contribution in [3.63, 3.8) is 0 Å². The third-order valence-corrected chi connectivity index (χ3v) is 7.96. The summed E-state index contributed by atoms with van der Waals surface area (Å²) < 4.78 is 40.4. The number of halogens is 3. The van der Waals surface area contributed by atoms with Crippen molar-refractivity contribution in [1.29, 1.82) is 5.26 Å². The number of rotatable bonds is 7. The average molecular weight is 585 g/mol. The van der Waals surface area contributed by atoms with E-state index in [4.69, 9.17) is 21.1 Å². The summed E-state index contributed by atoms with van der Waals surface area (Å²) in [5, 5.41) is 12.5. The molecule has 3 aromatic rings. The molecule has 0 aliphatic carbocycles. The lowest BCUT2D eigenvalue weighted by atomic mass is 10.1. The van der Waals surface area contributed by atoms with Crippen molar-refractivity contribution >= 4 is 39.8 Å². The van der Waals surface area contributed by atoms with Gasteiger partial charge in [0.1, 0.15) is 23.0 Å². The first kappa shape index (κ1) is 28.8. The van der Waals surface area contributed by atoms with E-state index in [0.717, 1.165) is 58.2 Å². The molecule has 216 valence electrons. The van der Waals surface area contributed by atoms with Crippen LogP contribution in [0, 0.1) is 23.0 Å². The van der Waals surface area contributed by atoms with Gasteiger partial charge in [-0.2, -0.15) is 5.26 Å². The summed E-state index contributed by atoms with van der Waals surface area (Å²) in [5.74, 6) is -0.782. The summed E-state index contributed by atoms with van der Waals surface area (Å²) in [6.45, 7) is 5.15. The molecule has 1 amide bonds. The molecule has 41 heavy (non-hydrogen) atoms. The van der Waals surface area contributed by atoms with Crippen LogP contribution >= 0.6 is 11.6 Å². The highest BCUT2D eigenvalue weighted by Crippen LogP contribution is 2.39. The van der Waals surface area contributed by atoms with Crippen LogP contribution in [-0.4, -0.2) is 91.7 Å². The van der Waals surface area contributed by atoms with Crippen molar-refractivity contribution in [1.82, 2.24) is 19.7 Å². The van der Waals surface area contributed by atoms with E-state index in [1.807, 2.05) is 4.90 Å². The molecule has 0 atom stereocenters. The molecule has 0 bridgehead atoms. The predicted molar refractivity (Wildman–Crippen MR) is 152 cm³/mol. The number of hydrogen-bond donors (Lipinski definition) is 1. The van der Waals surface area contributed by atoms with Gasteiger partial charge in [-0.05, 0) is 38.1 Å². The number of fused-ring (bicyclic) bond motifs is 1. The largest absolute Gasteiger partial charge is 0.493 e. The van der Waals surface area contributed by atoms with E-state index in [1.54, 1.807) is 12.1 Å². The number of carbonyl (C=O) groups excluding carboxylic acids is 1. The maximum Gasteiger partial charge on any atom is 0.236 e. The molecule has 12 heteroatoms. The van der Waals surface area contributed by atoms with Gasteiger partial charge in [-0.3, -0.25) is 14.7 Å². The number of hydrogen-bond acceptors (Lipinski definition) is 8. The zero-order valence-corrected chi connectivity index (χ0v) is 23.7. The van der Waals surface area contributed by atoms with Gasteiger partial charge in [0.2, 0.25) is 5.91 Å². The molecule has 5 rings (SSSR count). The summed E-state index contributed by atoms with van der Waals surface area (Å²) in [5.41, 5.74) is 0.842. The molecule has 9 nitrogen and oxygen atoms in total. The fourth-order valence-electron chi connectivity index (χ4n) is 5.14. The number of nitrogens with zero attached hydrogens (tertiary/aromatic N) is 5. The van der Waals surface area contributed by atoms with E-state index >= 15 is 0 Å². The number of piperidine rings is 1. The molecular formula is C29H31ClF2N6O3. The Morgan fingerprint density at radius 1 is 1.15 bits per heavy atom. The van der Waals surface area contributed by atoms with Crippen LogP contribution in [0.25, 0.3) is 10.9 Å². The Labute approximate surface area is 242 Å². The third kappa shape index (κ3) is 6.30. The van der Waals surface area contributed by atoms with Gasteiger partial charge in [0, 0.05) is 56.9 Å². The maximum absolute atomic E-state index is 14.7. The van der Waals surface area contributed by atoms with Crippen LogP contribution in [0.3, 0.4) is 0 Å². The van der Waals surface area contributed by atoms with Crippen LogP contribution in [0.4, 0.5) is 20.2 Å². The minimum absolute atomic E-state index is 0.0859. The number of pyridine rings is 1. The average Bonchev–Trinajstić information content (AvgIpc) is 2.98. The second-order valence-electron chi connectivity index (χ2n) is 10.3. The van der Waals surface area contributed by atoms with Crippen molar-refractivity contribution in [3.05, 3.63) is 52.7 Å². The molecule has 3 heterocycles. The molecule has 0 saturated carbocycles. The topological polar surface area (TPSA) is 94.0 Å². The summed E-state index contributed by atoms with van der Waals surface area (Å²) in [6, 6.07) is 7.72. The molecule has 1 aromatic heterocycles. The summed E-state index contributed by atoms with van der Waals surface area (Å²) in [4.78, 5) is 23.4. The summed E-state index contributed by atoms with van der Waals surface area (Å²) in [6.07, 6.45) is 2.69. The van der Waals surface area contributed by atoms with Crippen LogP contribution in [0.1, 0.15) is 18.4 Å². The Morgan fingerprint density at radius 2 is 1.88 bits per heavy atom. The molecule has 2 saturated heterocycles. The van der Waals surface area contributed by atoms with Crippen LogP contribution in [0.5, 0.6) is 11.5 Å². The zero-order chi connectivity index (χ0) is 29.1. The SMILES string of the molecule is COc1cc2ncc(C#N)c(Nc3ccc(F)c(Cl)c3F)c2cc1OC1CCN(CC(=O)N2CCN(C)CC2)CC1. The van der Waals surface area contributed by atoms with Gasteiger partial charge < -0.3 is 24.6 Å². The number of benzene rings is 2. The van der Waals surface area contributed by atoms with Crippen molar-refractivity contribution < 1.29 is 23.0 Å². The van der Waals surface area contributed by atoms with Crippen LogP contribution in [0.15, 0.2) is 30.5 Å². The normalized spacial score (nSPS) is 16.9. The molecular weight excluding hydrogens is 554 g/mol. The first-order chi connectivity index (χ1) is 19.8.